The minimum atomic E-state index is -0.514. The van der Waals surface area contributed by atoms with E-state index in [9.17, 15) is 4.79 Å². The molecule has 2 N–H and O–H groups in total. The van der Waals surface area contributed by atoms with Gasteiger partial charge in [-0.2, -0.15) is 0 Å². The molecule has 0 spiro atoms. The van der Waals surface area contributed by atoms with E-state index in [1.54, 1.807) is 24.0 Å². The molecule has 0 saturated heterocycles. The first-order valence-corrected chi connectivity index (χ1v) is 8.35. The molecule has 0 aliphatic carbocycles. The molecule has 1 atom stereocenters. The number of benzene rings is 1. The standard InChI is InChI=1S/C16H25Cl2N3O/c1-4-20(5-2)8-9-21(16(22)12(3)19)11-13-6-7-14(17)15(18)10-13/h6-7,10,12H,4-5,8-9,11,19H2,1-3H3. The molecule has 6 heteroatoms. The molecule has 0 aliphatic heterocycles. The van der Waals surface area contributed by atoms with Crippen LogP contribution in [0.2, 0.25) is 10.0 Å². The van der Waals surface area contributed by atoms with Crippen LogP contribution in [0.3, 0.4) is 0 Å². The number of nitrogens with two attached hydrogens (primary N) is 1. The quantitative estimate of drug-likeness (QED) is 0.787. The van der Waals surface area contributed by atoms with Crippen molar-refractivity contribution in [3.63, 3.8) is 0 Å². The van der Waals surface area contributed by atoms with E-state index in [1.165, 1.54) is 0 Å². The summed E-state index contributed by atoms with van der Waals surface area (Å²) in [5.74, 6) is -0.0572. The lowest BCUT2D eigenvalue weighted by Crippen LogP contribution is -2.45. The number of rotatable bonds is 8. The van der Waals surface area contributed by atoms with Crippen molar-refractivity contribution in [3.8, 4) is 0 Å². The zero-order valence-corrected chi connectivity index (χ0v) is 15.0. The molecule has 0 heterocycles. The molecule has 22 heavy (non-hydrogen) atoms. The van der Waals surface area contributed by atoms with Crippen molar-refractivity contribution < 1.29 is 4.79 Å². The van der Waals surface area contributed by atoms with Gasteiger partial charge in [-0.3, -0.25) is 4.79 Å². The molecule has 1 aromatic rings. The van der Waals surface area contributed by atoms with Gasteiger partial charge >= 0.3 is 0 Å². The molecule has 0 aliphatic rings. The van der Waals surface area contributed by atoms with E-state index < -0.39 is 6.04 Å². The molecule has 0 aromatic heterocycles. The molecule has 1 amide bonds. The van der Waals surface area contributed by atoms with Crippen molar-refractivity contribution in [1.82, 2.24) is 9.80 Å². The summed E-state index contributed by atoms with van der Waals surface area (Å²) >= 11 is 12.0. The van der Waals surface area contributed by atoms with E-state index in [0.29, 0.717) is 23.1 Å². The van der Waals surface area contributed by atoms with Crippen molar-refractivity contribution >= 4 is 29.1 Å². The first-order chi connectivity index (χ1) is 10.4. The van der Waals surface area contributed by atoms with Crippen LogP contribution in [0.1, 0.15) is 26.3 Å². The number of likely N-dealkylation sites (N-methyl/N-ethyl adjacent to an activating group) is 1. The van der Waals surface area contributed by atoms with Gasteiger partial charge in [0.1, 0.15) is 0 Å². The second-order valence-electron chi connectivity index (χ2n) is 5.32. The number of carbonyl (C=O) groups excluding carboxylic acids is 1. The Morgan fingerprint density at radius 3 is 2.32 bits per heavy atom. The topological polar surface area (TPSA) is 49.6 Å². The summed E-state index contributed by atoms with van der Waals surface area (Å²) in [6, 6.07) is 4.91. The van der Waals surface area contributed by atoms with Crippen LogP contribution in [0.4, 0.5) is 0 Å². The molecule has 1 unspecified atom stereocenters. The van der Waals surface area contributed by atoms with E-state index in [0.717, 1.165) is 25.2 Å². The number of hydrogen-bond donors (Lipinski definition) is 1. The highest BCUT2D eigenvalue weighted by Gasteiger charge is 2.18. The summed E-state index contributed by atoms with van der Waals surface area (Å²) in [6.45, 7) is 9.81. The number of halogens is 2. The molecule has 4 nitrogen and oxygen atoms in total. The van der Waals surface area contributed by atoms with Gasteiger partial charge in [-0.25, -0.2) is 0 Å². The third kappa shape index (κ3) is 5.76. The second-order valence-corrected chi connectivity index (χ2v) is 6.14. The van der Waals surface area contributed by atoms with Gasteiger partial charge in [0, 0.05) is 19.6 Å². The van der Waals surface area contributed by atoms with Crippen LogP contribution in [0, 0.1) is 0 Å². The van der Waals surface area contributed by atoms with Crippen LogP contribution < -0.4 is 5.73 Å². The van der Waals surface area contributed by atoms with Gasteiger partial charge < -0.3 is 15.5 Å². The normalized spacial score (nSPS) is 12.5. The van der Waals surface area contributed by atoms with Crippen LogP contribution in [0.15, 0.2) is 18.2 Å². The predicted octanol–water partition coefficient (Wildman–Crippen LogP) is 3.01. The van der Waals surface area contributed by atoms with Gasteiger partial charge in [0.05, 0.1) is 16.1 Å². The van der Waals surface area contributed by atoms with Gasteiger partial charge in [0.25, 0.3) is 0 Å². The fourth-order valence-electron chi connectivity index (χ4n) is 2.22. The van der Waals surface area contributed by atoms with Crippen LogP contribution in [0.5, 0.6) is 0 Å². The minimum absolute atomic E-state index is 0.0572. The van der Waals surface area contributed by atoms with Crippen molar-refractivity contribution in [2.75, 3.05) is 26.2 Å². The first kappa shape index (κ1) is 19.2. The highest BCUT2D eigenvalue weighted by molar-refractivity contribution is 6.42. The van der Waals surface area contributed by atoms with Crippen molar-refractivity contribution in [3.05, 3.63) is 33.8 Å². The van der Waals surface area contributed by atoms with E-state index in [-0.39, 0.29) is 5.91 Å². The van der Waals surface area contributed by atoms with Crippen molar-refractivity contribution in [1.29, 1.82) is 0 Å². The Balaban J connectivity index is 2.81. The third-order valence-corrected chi connectivity index (χ3v) is 4.38. The zero-order chi connectivity index (χ0) is 16.7. The lowest BCUT2D eigenvalue weighted by molar-refractivity contribution is -0.133. The van der Waals surface area contributed by atoms with Gasteiger partial charge in [-0.05, 0) is 37.7 Å². The fourth-order valence-corrected chi connectivity index (χ4v) is 2.54. The second kappa shape index (κ2) is 9.36. The van der Waals surface area contributed by atoms with Crippen LogP contribution in [-0.2, 0) is 11.3 Å². The average Bonchev–Trinajstić information content (AvgIpc) is 2.49. The van der Waals surface area contributed by atoms with Gasteiger partial charge in [-0.15, -0.1) is 0 Å². The molecule has 0 fully saturated rings. The molecule has 124 valence electrons. The fraction of sp³-hybridized carbons (Fsp3) is 0.562. The van der Waals surface area contributed by atoms with E-state index in [2.05, 4.69) is 18.7 Å². The van der Waals surface area contributed by atoms with Crippen LogP contribution in [-0.4, -0.2) is 47.9 Å². The summed E-state index contributed by atoms with van der Waals surface area (Å²) in [6.07, 6.45) is 0. The summed E-state index contributed by atoms with van der Waals surface area (Å²) in [4.78, 5) is 16.4. The Labute approximate surface area is 143 Å². The number of nitrogens with zero attached hydrogens (tertiary/aromatic N) is 2. The highest BCUT2D eigenvalue weighted by atomic mass is 35.5. The SMILES string of the molecule is CCN(CC)CCN(Cc1ccc(Cl)c(Cl)c1)C(=O)C(C)N. The molecule has 0 radical (unpaired) electrons. The largest absolute Gasteiger partial charge is 0.336 e. The Kier molecular flexibility index (Phi) is 8.18. The van der Waals surface area contributed by atoms with E-state index in [4.69, 9.17) is 28.9 Å². The molecule has 1 aromatic carbocycles. The van der Waals surface area contributed by atoms with Gasteiger partial charge in [-0.1, -0.05) is 43.1 Å². The summed E-state index contributed by atoms with van der Waals surface area (Å²) in [5, 5.41) is 1.01. The summed E-state index contributed by atoms with van der Waals surface area (Å²) in [5.41, 5.74) is 6.71. The lowest BCUT2D eigenvalue weighted by Gasteiger charge is -2.28. The van der Waals surface area contributed by atoms with Crippen LogP contribution >= 0.6 is 23.2 Å². The third-order valence-electron chi connectivity index (χ3n) is 3.64. The smallest absolute Gasteiger partial charge is 0.239 e. The number of hydrogen-bond acceptors (Lipinski definition) is 3. The minimum Gasteiger partial charge on any atom is -0.336 e. The van der Waals surface area contributed by atoms with Gasteiger partial charge in [0.15, 0.2) is 0 Å². The summed E-state index contributed by atoms with van der Waals surface area (Å²) < 4.78 is 0. The Morgan fingerprint density at radius 2 is 1.82 bits per heavy atom. The highest BCUT2D eigenvalue weighted by Crippen LogP contribution is 2.23. The maximum absolute atomic E-state index is 12.3. The van der Waals surface area contributed by atoms with Crippen molar-refractivity contribution in [2.45, 2.75) is 33.4 Å². The predicted molar refractivity (Wildman–Crippen MR) is 93.3 cm³/mol. The van der Waals surface area contributed by atoms with E-state index >= 15 is 0 Å². The Morgan fingerprint density at radius 1 is 1.18 bits per heavy atom. The van der Waals surface area contributed by atoms with E-state index in [1.807, 2.05) is 6.07 Å². The van der Waals surface area contributed by atoms with Gasteiger partial charge in [0.2, 0.25) is 5.91 Å². The lowest BCUT2D eigenvalue weighted by atomic mass is 10.2. The molecule has 0 saturated carbocycles. The Bertz CT molecular complexity index is 490. The molecule has 0 bridgehead atoms. The average molecular weight is 346 g/mol. The Hall–Kier alpha value is -0.810. The monoisotopic (exact) mass is 345 g/mol. The van der Waals surface area contributed by atoms with Crippen LogP contribution in [0.25, 0.3) is 0 Å². The maximum Gasteiger partial charge on any atom is 0.239 e. The molecular weight excluding hydrogens is 321 g/mol. The maximum atomic E-state index is 12.3. The summed E-state index contributed by atoms with van der Waals surface area (Å²) in [7, 11) is 0. The number of carbonyl (C=O) groups is 1. The first-order valence-electron chi connectivity index (χ1n) is 7.59. The number of amides is 1. The molecule has 1 rings (SSSR count). The molecular formula is C16H25Cl2N3O. The van der Waals surface area contributed by atoms with Crippen molar-refractivity contribution in [2.24, 2.45) is 5.73 Å². The zero-order valence-electron chi connectivity index (χ0n) is 13.5.